The first-order valence-electron chi connectivity index (χ1n) is 8.64. The van der Waals surface area contributed by atoms with Crippen molar-refractivity contribution in [2.24, 2.45) is 0 Å². The Morgan fingerprint density at radius 3 is 2.50 bits per heavy atom. The number of nitrogens with zero attached hydrogens (tertiary/aromatic N) is 3. The fourth-order valence-electron chi connectivity index (χ4n) is 2.41. The summed E-state index contributed by atoms with van der Waals surface area (Å²) in [5.41, 5.74) is 3.00. The van der Waals surface area contributed by atoms with Crippen molar-refractivity contribution in [2.75, 3.05) is 0 Å². The minimum absolute atomic E-state index is 0.155. The van der Waals surface area contributed by atoms with Gasteiger partial charge in [-0.3, -0.25) is 15.1 Å². The predicted molar refractivity (Wildman–Crippen MR) is 100 cm³/mol. The predicted octanol–water partition coefficient (Wildman–Crippen LogP) is 3.54. The third kappa shape index (κ3) is 5.53. The molecule has 1 aromatic heterocycles. The van der Waals surface area contributed by atoms with Crippen molar-refractivity contribution >= 4 is 28.8 Å². The molecule has 0 spiro atoms. The van der Waals surface area contributed by atoms with E-state index in [2.05, 4.69) is 10.4 Å². The molecule has 150 valence electrons. The molecule has 2 amide bonds. The maximum Gasteiger partial charge on any atom is 0.429 e. The average molecular weight is 390 g/mol. The van der Waals surface area contributed by atoms with Crippen molar-refractivity contribution in [3.8, 4) is 0 Å². The van der Waals surface area contributed by atoms with Crippen LogP contribution in [-0.2, 0) is 16.0 Å². The van der Waals surface area contributed by atoms with Crippen LogP contribution in [-0.4, -0.2) is 39.3 Å². The Labute approximate surface area is 161 Å². The Morgan fingerprint density at radius 1 is 1.21 bits per heavy atom. The molecule has 0 aliphatic rings. The summed E-state index contributed by atoms with van der Waals surface area (Å²) in [6.07, 6.45) is -0.972. The van der Waals surface area contributed by atoms with Crippen molar-refractivity contribution in [1.82, 2.24) is 15.4 Å². The first kappa shape index (κ1) is 20.9. The van der Waals surface area contributed by atoms with Crippen LogP contribution in [0.3, 0.4) is 0 Å². The number of pyridine rings is 1. The lowest BCUT2D eigenvalue weighted by Gasteiger charge is -2.24. The Morgan fingerprint density at radius 2 is 1.89 bits per heavy atom. The lowest BCUT2D eigenvalue weighted by Crippen LogP contribution is -2.47. The molecule has 10 heteroatoms. The number of benzene rings is 1. The van der Waals surface area contributed by atoms with E-state index in [0.717, 1.165) is 5.01 Å². The van der Waals surface area contributed by atoms with Gasteiger partial charge in [0.25, 0.3) is 5.69 Å². The van der Waals surface area contributed by atoms with Crippen molar-refractivity contribution in [1.29, 1.82) is 0 Å². The number of amides is 2. The number of nitro groups is 1. The van der Waals surface area contributed by atoms with Gasteiger partial charge in [-0.05, 0) is 33.8 Å². The summed E-state index contributed by atoms with van der Waals surface area (Å²) in [4.78, 5) is 39.3. The summed E-state index contributed by atoms with van der Waals surface area (Å²) in [6.45, 7) is 6.44. The van der Waals surface area contributed by atoms with Crippen LogP contribution in [0.1, 0.15) is 33.3 Å². The fraction of sp³-hybridized carbons (Fsp3) is 0.389. The van der Waals surface area contributed by atoms with E-state index in [4.69, 9.17) is 9.47 Å². The molecule has 2 aromatic rings. The molecule has 0 saturated carbocycles. The van der Waals surface area contributed by atoms with Crippen molar-refractivity contribution < 1.29 is 24.0 Å². The number of hydrogen-bond acceptors (Lipinski definition) is 7. The van der Waals surface area contributed by atoms with E-state index in [-0.39, 0.29) is 12.2 Å². The van der Waals surface area contributed by atoms with E-state index in [0.29, 0.717) is 16.5 Å². The molecule has 1 heterocycles. The maximum atomic E-state index is 12.4. The molecular weight excluding hydrogens is 368 g/mol. The molecule has 0 saturated heterocycles. The minimum atomic E-state index is -0.849. The van der Waals surface area contributed by atoms with Crippen LogP contribution in [0.2, 0.25) is 0 Å². The van der Waals surface area contributed by atoms with Crippen LogP contribution < -0.4 is 5.43 Å². The molecule has 0 bridgehead atoms. The summed E-state index contributed by atoms with van der Waals surface area (Å²) >= 11 is 0. The number of carbonyl (C=O) groups is 2. The van der Waals surface area contributed by atoms with Gasteiger partial charge >= 0.3 is 12.2 Å². The molecule has 0 aliphatic heterocycles. The van der Waals surface area contributed by atoms with E-state index in [1.165, 1.54) is 18.3 Å². The van der Waals surface area contributed by atoms with Crippen LogP contribution in [0.25, 0.3) is 10.9 Å². The molecule has 0 aliphatic carbocycles. The van der Waals surface area contributed by atoms with E-state index in [1.807, 2.05) is 0 Å². The summed E-state index contributed by atoms with van der Waals surface area (Å²) in [5.74, 6) is 0. The topological polar surface area (TPSA) is 124 Å². The summed E-state index contributed by atoms with van der Waals surface area (Å²) in [6, 6.07) is 6.03. The van der Waals surface area contributed by atoms with Gasteiger partial charge in [0.05, 0.1) is 29.2 Å². The second-order valence-corrected chi connectivity index (χ2v) is 6.52. The molecular formula is C18H22N4O6. The molecule has 1 aromatic carbocycles. The highest BCUT2D eigenvalue weighted by atomic mass is 16.6. The van der Waals surface area contributed by atoms with Gasteiger partial charge in [0.2, 0.25) is 0 Å². The van der Waals surface area contributed by atoms with E-state index < -0.39 is 29.3 Å². The number of fused-ring (bicyclic) bond motifs is 1. The van der Waals surface area contributed by atoms with Gasteiger partial charge in [0, 0.05) is 29.3 Å². The molecule has 2 rings (SSSR count). The number of nitrogens with one attached hydrogen (secondary N) is 1. The Hall–Kier alpha value is -3.43. The second-order valence-electron chi connectivity index (χ2n) is 6.52. The SMILES string of the molecule is CC(C)OC(=O)NN(Cc1cc([N+](=O)[O-])cc2cccnc12)C(=O)OC(C)C. The van der Waals surface area contributed by atoms with Crippen molar-refractivity contribution in [3.63, 3.8) is 0 Å². The molecule has 0 fully saturated rings. The standard InChI is InChI=1S/C18H22N4O6/c1-11(2)27-17(23)20-21(18(24)28-12(3)4)10-14-9-15(22(25)26)8-13-6-5-7-19-16(13)14/h5-9,11-12H,10H2,1-4H3,(H,20,23). The van der Waals surface area contributed by atoms with Crippen molar-refractivity contribution in [3.05, 3.63) is 46.1 Å². The highest BCUT2D eigenvalue weighted by Gasteiger charge is 2.23. The summed E-state index contributed by atoms with van der Waals surface area (Å²) in [7, 11) is 0. The second kappa shape index (κ2) is 8.98. The monoisotopic (exact) mass is 390 g/mol. The van der Waals surface area contributed by atoms with Gasteiger partial charge < -0.3 is 9.47 Å². The number of hydrazine groups is 1. The largest absolute Gasteiger partial charge is 0.446 e. The maximum absolute atomic E-state index is 12.4. The number of aromatic nitrogens is 1. The zero-order chi connectivity index (χ0) is 20.8. The van der Waals surface area contributed by atoms with E-state index in [1.54, 1.807) is 39.8 Å². The molecule has 10 nitrogen and oxygen atoms in total. The summed E-state index contributed by atoms with van der Waals surface area (Å²) < 4.78 is 10.1. The van der Waals surface area contributed by atoms with Crippen LogP contribution in [0.4, 0.5) is 15.3 Å². The van der Waals surface area contributed by atoms with Gasteiger partial charge in [-0.15, -0.1) is 0 Å². The van der Waals surface area contributed by atoms with Crippen molar-refractivity contribution in [2.45, 2.75) is 46.4 Å². The molecule has 28 heavy (non-hydrogen) atoms. The van der Waals surface area contributed by atoms with E-state index >= 15 is 0 Å². The first-order chi connectivity index (χ1) is 13.2. The zero-order valence-corrected chi connectivity index (χ0v) is 16.0. The normalized spacial score (nSPS) is 10.8. The van der Waals surface area contributed by atoms with Gasteiger partial charge in [0.1, 0.15) is 0 Å². The smallest absolute Gasteiger partial charge is 0.429 e. The third-order valence-electron chi connectivity index (χ3n) is 3.43. The number of nitro benzene ring substituents is 1. The number of rotatable bonds is 5. The summed E-state index contributed by atoms with van der Waals surface area (Å²) in [5, 5.41) is 12.7. The Balaban J connectivity index is 2.40. The molecule has 0 unspecified atom stereocenters. The Kier molecular flexibility index (Phi) is 6.69. The lowest BCUT2D eigenvalue weighted by molar-refractivity contribution is -0.384. The van der Waals surface area contributed by atoms with E-state index in [9.17, 15) is 19.7 Å². The van der Waals surface area contributed by atoms with Crippen LogP contribution in [0, 0.1) is 10.1 Å². The van der Waals surface area contributed by atoms with Gasteiger partial charge in [-0.25, -0.2) is 20.0 Å². The van der Waals surface area contributed by atoms with Gasteiger partial charge in [-0.2, -0.15) is 0 Å². The fourth-order valence-corrected chi connectivity index (χ4v) is 2.41. The highest BCUT2D eigenvalue weighted by molar-refractivity contribution is 5.84. The van der Waals surface area contributed by atoms with Crippen LogP contribution in [0.5, 0.6) is 0 Å². The number of hydrogen-bond donors (Lipinski definition) is 1. The Bertz CT molecular complexity index is 884. The van der Waals surface area contributed by atoms with Gasteiger partial charge in [-0.1, -0.05) is 6.07 Å². The van der Waals surface area contributed by atoms with Crippen LogP contribution >= 0.6 is 0 Å². The first-order valence-corrected chi connectivity index (χ1v) is 8.64. The van der Waals surface area contributed by atoms with Crippen LogP contribution in [0.15, 0.2) is 30.5 Å². The molecule has 0 atom stereocenters. The quantitative estimate of drug-likeness (QED) is 0.611. The number of ether oxygens (including phenoxy) is 2. The van der Waals surface area contributed by atoms with Gasteiger partial charge in [0.15, 0.2) is 0 Å². The highest BCUT2D eigenvalue weighted by Crippen LogP contribution is 2.25. The third-order valence-corrected chi connectivity index (χ3v) is 3.43. The zero-order valence-electron chi connectivity index (χ0n) is 16.0. The average Bonchev–Trinajstić information content (AvgIpc) is 2.59. The minimum Gasteiger partial charge on any atom is -0.446 e. The number of carbonyl (C=O) groups excluding carboxylic acids is 2. The molecule has 1 N–H and O–H groups in total. The molecule has 0 radical (unpaired) electrons. The lowest BCUT2D eigenvalue weighted by atomic mass is 10.1. The number of non-ortho nitro benzene ring substituents is 1.